The van der Waals surface area contributed by atoms with Gasteiger partial charge in [-0.3, -0.25) is 4.79 Å². The van der Waals surface area contributed by atoms with E-state index in [-0.39, 0.29) is 29.8 Å². The van der Waals surface area contributed by atoms with Crippen LogP contribution in [0, 0.1) is 11.3 Å². The van der Waals surface area contributed by atoms with Crippen molar-refractivity contribution in [3.63, 3.8) is 0 Å². The smallest absolute Gasteiger partial charge is 0.312 e. The van der Waals surface area contributed by atoms with Gasteiger partial charge in [0.2, 0.25) is 0 Å². The molecule has 1 aromatic rings. The molecule has 2 spiro atoms. The molecule has 6 atom stereocenters. The highest BCUT2D eigenvalue weighted by atomic mass is 16.5. The molecule has 5 unspecified atom stereocenters. The van der Waals surface area contributed by atoms with Crippen molar-refractivity contribution in [3.05, 3.63) is 35.4 Å². The van der Waals surface area contributed by atoms with E-state index in [1.54, 1.807) is 19.1 Å². The molecule has 6 nitrogen and oxygen atoms in total. The summed E-state index contributed by atoms with van der Waals surface area (Å²) in [5.41, 5.74) is 0.0764. The maximum absolute atomic E-state index is 12.9. The molecule has 1 saturated carbocycles. The van der Waals surface area contributed by atoms with E-state index in [1.807, 2.05) is 6.07 Å². The van der Waals surface area contributed by atoms with E-state index in [2.05, 4.69) is 18.0 Å². The van der Waals surface area contributed by atoms with Crippen LogP contribution in [-0.2, 0) is 21.4 Å². The summed E-state index contributed by atoms with van der Waals surface area (Å²) in [7, 11) is 2.14. The second-order valence-electron chi connectivity index (χ2n) is 9.14. The first-order valence-electron chi connectivity index (χ1n) is 10.2. The zero-order valence-electron chi connectivity index (χ0n) is 16.1. The van der Waals surface area contributed by atoms with Gasteiger partial charge in [0.1, 0.15) is 11.7 Å². The Morgan fingerprint density at radius 3 is 3.00 bits per heavy atom. The number of fused-ring (bicyclic) bond motifs is 1. The van der Waals surface area contributed by atoms with E-state index in [0.29, 0.717) is 12.2 Å². The highest BCUT2D eigenvalue weighted by Crippen LogP contribution is 2.74. The van der Waals surface area contributed by atoms with Gasteiger partial charge in [-0.25, -0.2) is 0 Å². The van der Waals surface area contributed by atoms with Crippen molar-refractivity contribution in [2.45, 2.75) is 49.3 Å². The maximum atomic E-state index is 12.9. The number of phenolic OH excluding ortho intramolecular Hbond substituents is 1. The maximum Gasteiger partial charge on any atom is 0.312 e. The number of likely N-dealkylation sites (tertiary alicyclic amines) is 1. The van der Waals surface area contributed by atoms with Crippen molar-refractivity contribution in [1.82, 2.24) is 4.90 Å². The fourth-order valence-corrected chi connectivity index (χ4v) is 7.27. The molecule has 28 heavy (non-hydrogen) atoms. The average Bonchev–Trinajstić information content (AvgIpc) is 3.04. The van der Waals surface area contributed by atoms with E-state index in [9.17, 15) is 15.0 Å². The molecule has 7 rings (SSSR count). The molecule has 6 heteroatoms. The SMILES string of the molecule is CCOC(=O)C1CC23C=CC1(O)C1Oc4c(O)ccc5c4[C@@]12CCN(C)C3C5. The molecular formula is C22H25NO5. The number of benzene rings is 1. The van der Waals surface area contributed by atoms with Gasteiger partial charge in [0.05, 0.1) is 17.9 Å². The molecule has 4 bridgehead atoms. The number of carbonyl (C=O) groups is 1. The Morgan fingerprint density at radius 1 is 1.39 bits per heavy atom. The van der Waals surface area contributed by atoms with Crippen LogP contribution >= 0.6 is 0 Å². The van der Waals surface area contributed by atoms with Crippen molar-refractivity contribution in [3.8, 4) is 11.5 Å². The topological polar surface area (TPSA) is 79.2 Å². The van der Waals surface area contributed by atoms with Gasteiger partial charge in [0.25, 0.3) is 0 Å². The zero-order valence-corrected chi connectivity index (χ0v) is 16.1. The zero-order chi connectivity index (χ0) is 19.5. The Morgan fingerprint density at radius 2 is 2.21 bits per heavy atom. The van der Waals surface area contributed by atoms with Gasteiger partial charge in [0, 0.05) is 17.0 Å². The molecule has 2 N–H and O–H groups in total. The highest BCUT2D eigenvalue weighted by Gasteiger charge is 2.79. The Balaban J connectivity index is 1.65. The number of carbonyl (C=O) groups excluding carboxylic acids is 1. The third-order valence-electron chi connectivity index (χ3n) is 8.32. The minimum absolute atomic E-state index is 0.116. The predicted octanol–water partition coefficient (Wildman–Crippen LogP) is 1.52. The molecule has 0 amide bonds. The Kier molecular flexibility index (Phi) is 2.96. The van der Waals surface area contributed by atoms with Crippen LogP contribution in [0.2, 0.25) is 0 Å². The van der Waals surface area contributed by atoms with Crippen molar-refractivity contribution >= 4 is 5.97 Å². The quantitative estimate of drug-likeness (QED) is 0.596. The molecule has 0 aromatic heterocycles. The summed E-state index contributed by atoms with van der Waals surface area (Å²) in [5, 5.41) is 22.4. The van der Waals surface area contributed by atoms with Crippen LogP contribution in [-0.4, -0.2) is 59.0 Å². The van der Waals surface area contributed by atoms with Gasteiger partial charge in [-0.1, -0.05) is 18.2 Å². The number of rotatable bonds is 2. The number of esters is 1. The Hall–Kier alpha value is -2.05. The third-order valence-corrected chi connectivity index (χ3v) is 8.32. The van der Waals surface area contributed by atoms with Gasteiger partial charge >= 0.3 is 5.97 Å². The van der Waals surface area contributed by atoms with E-state index < -0.39 is 23.0 Å². The lowest BCUT2D eigenvalue weighted by Crippen LogP contribution is -2.79. The molecule has 2 fully saturated rings. The summed E-state index contributed by atoms with van der Waals surface area (Å²) in [4.78, 5) is 15.2. The predicted molar refractivity (Wildman–Crippen MR) is 100 cm³/mol. The molecule has 4 aliphatic carbocycles. The lowest BCUT2D eigenvalue weighted by atomic mass is 9.37. The minimum Gasteiger partial charge on any atom is -0.504 e. The number of aromatic hydroxyl groups is 1. The van der Waals surface area contributed by atoms with Crippen molar-refractivity contribution in [1.29, 1.82) is 0 Å². The third kappa shape index (κ3) is 1.52. The van der Waals surface area contributed by atoms with Crippen LogP contribution in [0.4, 0.5) is 0 Å². The average molecular weight is 383 g/mol. The molecular weight excluding hydrogens is 358 g/mol. The lowest BCUT2D eigenvalue weighted by molar-refractivity contribution is -0.213. The molecule has 1 saturated heterocycles. The summed E-state index contributed by atoms with van der Waals surface area (Å²) < 4.78 is 11.7. The van der Waals surface area contributed by atoms with Crippen molar-refractivity contribution in [2.24, 2.45) is 11.3 Å². The number of phenols is 1. The largest absolute Gasteiger partial charge is 0.504 e. The first-order valence-corrected chi connectivity index (χ1v) is 10.2. The van der Waals surface area contributed by atoms with E-state index in [4.69, 9.17) is 9.47 Å². The van der Waals surface area contributed by atoms with E-state index in [0.717, 1.165) is 24.9 Å². The monoisotopic (exact) mass is 383 g/mol. The lowest BCUT2D eigenvalue weighted by Gasteiger charge is -2.70. The number of nitrogens with zero attached hydrogens (tertiary/aromatic N) is 1. The van der Waals surface area contributed by atoms with Crippen LogP contribution in [0.15, 0.2) is 24.3 Å². The van der Waals surface area contributed by atoms with Crippen LogP contribution in [0.3, 0.4) is 0 Å². The second kappa shape index (κ2) is 4.92. The Labute approximate surface area is 163 Å². The van der Waals surface area contributed by atoms with Crippen LogP contribution < -0.4 is 4.74 Å². The van der Waals surface area contributed by atoms with E-state index in [1.165, 1.54) is 5.56 Å². The second-order valence-corrected chi connectivity index (χ2v) is 9.14. The van der Waals surface area contributed by atoms with Crippen LogP contribution in [0.1, 0.15) is 30.9 Å². The van der Waals surface area contributed by atoms with Gasteiger partial charge in [-0.05, 0) is 51.4 Å². The first-order chi connectivity index (χ1) is 13.4. The summed E-state index contributed by atoms with van der Waals surface area (Å²) in [5.74, 6) is -0.409. The standard InChI is InChI=1S/C22H25NO5/c1-3-27-18(25)13-11-20-6-7-22(13,26)19-21(20)8-9-23(2)15(20)10-12-4-5-14(24)17(28-19)16(12)21/h4-7,13,15,19,24,26H,3,8-11H2,1-2H3/t13?,15?,19?,20?,21-,22?/m0/s1. The molecule has 6 aliphatic rings. The normalized spacial score (nSPS) is 44.2. The number of likely N-dealkylation sites (N-methyl/N-ethyl adjacent to an activating group) is 1. The van der Waals surface area contributed by atoms with Gasteiger partial charge in [-0.15, -0.1) is 0 Å². The molecule has 2 heterocycles. The number of aliphatic hydroxyl groups is 1. The molecule has 0 radical (unpaired) electrons. The number of piperidine rings is 1. The highest BCUT2D eigenvalue weighted by molar-refractivity contribution is 5.78. The molecule has 148 valence electrons. The summed E-state index contributed by atoms with van der Waals surface area (Å²) >= 11 is 0. The van der Waals surface area contributed by atoms with Crippen molar-refractivity contribution < 1.29 is 24.5 Å². The summed E-state index contributed by atoms with van der Waals surface area (Å²) in [6.07, 6.45) is 5.58. The first kappa shape index (κ1) is 16.9. The van der Waals surface area contributed by atoms with Crippen LogP contribution in [0.5, 0.6) is 11.5 Å². The minimum atomic E-state index is -1.44. The van der Waals surface area contributed by atoms with Gasteiger partial charge in [-0.2, -0.15) is 0 Å². The molecule has 1 aromatic carbocycles. The fourth-order valence-electron chi connectivity index (χ4n) is 7.27. The van der Waals surface area contributed by atoms with Gasteiger partial charge in [0.15, 0.2) is 11.5 Å². The van der Waals surface area contributed by atoms with Gasteiger partial charge < -0.3 is 24.6 Å². The number of hydrogen-bond donors (Lipinski definition) is 2. The van der Waals surface area contributed by atoms with Crippen LogP contribution in [0.25, 0.3) is 0 Å². The number of hydrogen-bond acceptors (Lipinski definition) is 6. The fraction of sp³-hybridized carbons (Fsp3) is 0.591. The number of ether oxygens (including phenoxy) is 2. The summed E-state index contributed by atoms with van der Waals surface area (Å²) in [6.45, 7) is 2.97. The molecule has 2 aliphatic heterocycles. The van der Waals surface area contributed by atoms with Crippen molar-refractivity contribution in [2.75, 3.05) is 20.2 Å². The summed E-state index contributed by atoms with van der Waals surface area (Å²) in [6, 6.07) is 3.91. The van der Waals surface area contributed by atoms with E-state index >= 15 is 0 Å². The Bertz CT molecular complexity index is 943.